The lowest BCUT2D eigenvalue weighted by Crippen LogP contribution is -2.30. The zero-order chi connectivity index (χ0) is 15.0. The van der Waals surface area contributed by atoms with Crippen molar-refractivity contribution in [3.8, 4) is 0 Å². The molecular weight excluding hydrogens is 275 g/mol. The molecule has 1 N–H and O–H groups in total. The van der Waals surface area contributed by atoms with Crippen LogP contribution in [-0.4, -0.2) is 35.8 Å². The molecule has 1 aliphatic heterocycles. The molecule has 0 spiro atoms. The largest absolute Gasteiger partial charge is 0.383 e. The number of hydrogen-bond acceptors (Lipinski definition) is 4. The second-order valence-corrected chi connectivity index (χ2v) is 5.82. The average molecular weight is 294 g/mol. The number of benzene rings is 1. The second-order valence-electron chi connectivity index (χ2n) is 5.82. The third kappa shape index (κ3) is 2.87. The van der Waals surface area contributed by atoms with Crippen LogP contribution in [0.4, 0.5) is 4.39 Å². The van der Waals surface area contributed by atoms with Crippen molar-refractivity contribution in [2.45, 2.75) is 44.6 Å². The molecule has 114 valence electrons. The molecule has 1 aliphatic carbocycles. The molecule has 1 heterocycles. The van der Waals surface area contributed by atoms with Gasteiger partial charge in [-0.25, -0.2) is 4.39 Å². The van der Waals surface area contributed by atoms with Gasteiger partial charge in [-0.15, -0.1) is 0 Å². The summed E-state index contributed by atoms with van der Waals surface area (Å²) in [6.45, 7) is 3.96. The Morgan fingerprint density at radius 2 is 1.90 bits per heavy atom. The first kappa shape index (κ1) is 14.7. The molecule has 0 saturated carbocycles. The Kier molecular flexibility index (Phi) is 3.84. The van der Waals surface area contributed by atoms with Crippen LogP contribution < -0.4 is 0 Å². The molecule has 0 bridgehead atoms. The third-order valence-electron chi connectivity index (χ3n) is 3.72. The maximum absolute atomic E-state index is 14.1. The van der Waals surface area contributed by atoms with Gasteiger partial charge in [-0.1, -0.05) is 30.3 Å². The first-order chi connectivity index (χ1) is 9.98. The Balaban J connectivity index is 1.64. The van der Waals surface area contributed by atoms with E-state index in [9.17, 15) is 9.50 Å². The van der Waals surface area contributed by atoms with Crippen LogP contribution in [0.25, 0.3) is 0 Å². The van der Waals surface area contributed by atoms with Crippen molar-refractivity contribution in [1.29, 1.82) is 0 Å². The number of fused-ring (bicyclic) bond motifs is 1. The van der Waals surface area contributed by atoms with Crippen LogP contribution >= 0.6 is 0 Å². The normalized spacial score (nSPS) is 30.8. The zero-order valence-corrected chi connectivity index (χ0v) is 12.1. The number of rotatable bonds is 4. The second kappa shape index (κ2) is 5.50. The summed E-state index contributed by atoms with van der Waals surface area (Å²) in [6.07, 6.45) is -2.53. The summed E-state index contributed by atoms with van der Waals surface area (Å²) in [5.74, 6) is -1.41. The summed E-state index contributed by atoms with van der Waals surface area (Å²) >= 11 is 0. The fourth-order valence-electron chi connectivity index (χ4n) is 2.76. The lowest BCUT2D eigenvalue weighted by atomic mass is 10.1. The SMILES string of the molecule is CC1(C)OC2C(COCc3ccccc3)=C(F)C(O)C2O1. The van der Waals surface area contributed by atoms with Gasteiger partial charge in [0.15, 0.2) is 5.79 Å². The molecule has 1 aromatic rings. The third-order valence-corrected chi connectivity index (χ3v) is 3.72. The van der Waals surface area contributed by atoms with E-state index in [0.717, 1.165) is 5.56 Å². The van der Waals surface area contributed by atoms with Gasteiger partial charge in [-0.05, 0) is 19.4 Å². The summed E-state index contributed by atoms with van der Waals surface area (Å²) in [5, 5.41) is 9.89. The van der Waals surface area contributed by atoms with Gasteiger partial charge in [0, 0.05) is 5.57 Å². The minimum Gasteiger partial charge on any atom is -0.383 e. The molecule has 1 fully saturated rings. The molecular formula is C16H19FO4. The van der Waals surface area contributed by atoms with E-state index in [2.05, 4.69) is 0 Å². The summed E-state index contributed by atoms with van der Waals surface area (Å²) in [6, 6.07) is 9.65. The van der Waals surface area contributed by atoms with Crippen LogP contribution in [0.3, 0.4) is 0 Å². The Morgan fingerprint density at radius 1 is 1.19 bits per heavy atom. The Morgan fingerprint density at radius 3 is 2.62 bits per heavy atom. The summed E-state index contributed by atoms with van der Waals surface area (Å²) in [4.78, 5) is 0. The van der Waals surface area contributed by atoms with Crippen LogP contribution in [0.1, 0.15) is 19.4 Å². The van der Waals surface area contributed by atoms with Crippen LogP contribution in [-0.2, 0) is 20.8 Å². The van der Waals surface area contributed by atoms with Crippen molar-refractivity contribution in [1.82, 2.24) is 0 Å². The first-order valence-electron chi connectivity index (χ1n) is 7.02. The summed E-state index contributed by atoms with van der Waals surface area (Å²) in [7, 11) is 0. The molecule has 21 heavy (non-hydrogen) atoms. The number of ether oxygens (including phenoxy) is 3. The van der Waals surface area contributed by atoms with E-state index < -0.39 is 29.9 Å². The molecule has 4 nitrogen and oxygen atoms in total. The Hall–Kier alpha value is -1.27. The van der Waals surface area contributed by atoms with E-state index in [4.69, 9.17) is 14.2 Å². The van der Waals surface area contributed by atoms with Crippen molar-refractivity contribution in [2.75, 3.05) is 6.61 Å². The molecule has 3 rings (SSSR count). The van der Waals surface area contributed by atoms with Gasteiger partial charge in [0.2, 0.25) is 0 Å². The number of hydrogen-bond donors (Lipinski definition) is 1. The van der Waals surface area contributed by atoms with Crippen LogP contribution in [0.2, 0.25) is 0 Å². The highest BCUT2D eigenvalue weighted by Gasteiger charge is 2.53. The van der Waals surface area contributed by atoms with Gasteiger partial charge < -0.3 is 19.3 Å². The molecule has 5 heteroatoms. The van der Waals surface area contributed by atoms with Crippen molar-refractivity contribution >= 4 is 0 Å². The number of aliphatic hydroxyl groups is 1. The minimum atomic E-state index is -1.27. The van der Waals surface area contributed by atoms with Gasteiger partial charge in [0.05, 0.1) is 13.2 Å². The first-order valence-corrected chi connectivity index (χ1v) is 7.02. The highest BCUT2D eigenvalue weighted by molar-refractivity contribution is 5.30. The van der Waals surface area contributed by atoms with Crippen LogP contribution in [0, 0.1) is 0 Å². The van der Waals surface area contributed by atoms with Crippen molar-refractivity contribution in [3.05, 3.63) is 47.3 Å². The van der Waals surface area contributed by atoms with E-state index in [1.165, 1.54) is 0 Å². The standard InChI is InChI=1S/C16H19FO4/c1-16(2)20-14-11(12(17)13(18)15(14)21-16)9-19-8-10-6-4-3-5-7-10/h3-7,13-15,18H,8-9H2,1-2H3. The van der Waals surface area contributed by atoms with Gasteiger partial charge in [-0.2, -0.15) is 0 Å². The Bertz CT molecular complexity index is 540. The van der Waals surface area contributed by atoms with Gasteiger partial charge in [0.25, 0.3) is 0 Å². The fraction of sp³-hybridized carbons (Fsp3) is 0.500. The predicted molar refractivity (Wildman–Crippen MR) is 74.1 cm³/mol. The molecule has 1 saturated heterocycles. The molecule has 3 unspecified atom stereocenters. The van der Waals surface area contributed by atoms with Crippen molar-refractivity contribution in [3.63, 3.8) is 0 Å². The highest BCUT2D eigenvalue weighted by Crippen LogP contribution is 2.42. The topological polar surface area (TPSA) is 47.9 Å². The smallest absolute Gasteiger partial charge is 0.164 e. The van der Waals surface area contributed by atoms with Crippen LogP contribution in [0.5, 0.6) is 0 Å². The van der Waals surface area contributed by atoms with E-state index >= 15 is 0 Å². The van der Waals surface area contributed by atoms with Crippen molar-refractivity contribution in [2.24, 2.45) is 0 Å². The zero-order valence-electron chi connectivity index (χ0n) is 12.1. The van der Waals surface area contributed by atoms with E-state index in [1.54, 1.807) is 13.8 Å². The Labute approximate surface area is 123 Å². The fourth-order valence-corrected chi connectivity index (χ4v) is 2.76. The molecule has 3 atom stereocenters. The van der Waals surface area contributed by atoms with E-state index in [1.807, 2.05) is 30.3 Å². The average Bonchev–Trinajstić information content (AvgIpc) is 2.87. The molecule has 0 radical (unpaired) electrons. The molecule has 0 amide bonds. The maximum Gasteiger partial charge on any atom is 0.164 e. The highest BCUT2D eigenvalue weighted by atomic mass is 19.1. The van der Waals surface area contributed by atoms with Gasteiger partial charge >= 0.3 is 0 Å². The van der Waals surface area contributed by atoms with Crippen molar-refractivity contribution < 1.29 is 23.7 Å². The summed E-state index contributed by atoms with van der Waals surface area (Å²) in [5.41, 5.74) is 1.35. The lowest BCUT2D eigenvalue weighted by molar-refractivity contribution is -0.155. The summed E-state index contributed by atoms with van der Waals surface area (Å²) < 4.78 is 30.8. The van der Waals surface area contributed by atoms with Crippen LogP contribution in [0.15, 0.2) is 41.7 Å². The number of aliphatic hydroxyl groups excluding tert-OH is 1. The maximum atomic E-state index is 14.1. The predicted octanol–water partition coefficient (Wildman–Crippen LogP) is 2.32. The molecule has 1 aromatic carbocycles. The molecule has 0 aromatic heterocycles. The van der Waals surface area contributed by atoms with E-state index in [0.29, 0.717) is 12.2 Å². The lowest BCUT2D eigenvalue weighted by Gasteiger charge is -2.19. The number of halogens is 1. The van der Waals surface area contributed by atoms with Gasteiger partial charge in [-0.3, -0.25) is 0 Å². The molecule has 2 aliphatic rings. The van der Waals surface area contributed by atoms with Gasteiger partial charge in [0.1, 0.15) is 24.1 Å². The quantitative estimate of drug-likeness (QED) is 0.926. The monoisotopic (exact) mass is 294 g/mol. The van der Waals surface area contributed by atoms with E-state index in [-0.39, 0.29) is 6.61 Å². The minimum absolute atomic E-state index is 0.0817.